The van der Waals surface area contributed by atoms with E-state index < -0.39 is 0 Å². The molecule has 0 saturated carbocycles. The van der Waals surface area contributed by atoms with Gasteiger partial charge in [0.15, 0.2) is 5.82 Å². The smallest absolute Gasteiger partial charge is 0.223 e. The molecule has 12 aromatic rings. The summed E-state index contributed by atoms with van der Waals surface area (Å²) in [7, 11) is 3.81. The maximum atomic E-state index is 4.60. The van der Waals surface area contributed by atoms with Crippen LogP contribution in [0.4, 0.5) is 0 Å². The highest BCUT2D eigenvalue weighted by Crippen LogP contribution is 1.99. The predicted molar refractivity (Wildman–Crippen MR) is 417 cm³/mol. The van der Waals surface area contributed by atoms with E-state index >= 15 is 0 Å². The molecule has 0 aliphatic heterocycles. The number of thiazole rings is 1. The summed E-state index contributed by atoms with van der Waals surface area (Å²) in [4.78, 5) is 37.7. The summed E-state index contributed by atoms with van der Waals surface area (Å²) < 4.78 is 20.5. The second kappa shape index (κ2) is 96.0. The molecule has 0 bridgehead atoms. The molecule has 12 aromatic heterocycles. The number of H-pyrrole nitrogens is 2. The molecule has 25 heteroatoms. The molecule has 22 nitrogen and oxygen atoms in total. The van der Waals surface area contributed by atoms with Crippen molar-refractivity contribution in [2.24, 2.45) is 14.1 Å². The van der Waals surface area contributed by atoms with Crippen LogP contribution in [0, 0.1) is 83.1 Å². The van der Waals surface area contributed by atoms with Crippen molar-refractivity contribution in [1.29, 1.82) is 0 Å². The van der Waals surface area contributed by atoms with Crippen molar-refractivity contribution >= 4 is 34.4 Å². The average Bonchev–Trinajstić information content (AvgIpc) is 4.15. The molecule has 12 heterocycles. The maximum absolute atomic E-state index is 4.60. The number of aromatic amines is 2. The van der Waals surface area contributed by atoms with Gasteiger partial charge >= 0.3 is 0 Å². The number of pyridine rings is 3. The highest BCUT2D eigenvalue weighted by Gasteiger charge is 1.90. The molecule has 0 radical (unpaired) electrons. The summed E-state index contributed by atoms with van der Waals surface area (Å²) in [6.45, 7) is 63.2. The topological polar surface area (TPSA) is 274 Å². The Morgan fingerprint density at radius 1 is 0.474 bits per heavy atom. The van der Waals surface area contributed by atoms with E-state index in [0.717, 1.165) is 39.3 Å². The van der Waals surface area contributed by atoms with Gasteiger partial charge in [-0.25, -0.2) is 24.3 Å². The highest BCUT2D eigenvalue weighted by molar-refractivity contribution is 7.07. The van der Waals surface area contributed by atoms with E-state index in [1.165, 1.54) is 46.1 Å². The molecule has 0 unspecified atom stereocenters. The van der Waals surface area contributed by atoms with E-state index in [1.54, 1.807) is 105 Å². The van der Waals surface area contributed by atoms with Crippen LogP contribution in [0.2, 0.25) is 0 Å². The Morgan fingerprint density at radius 2 is 1.08 bits per heavy atom. The maximum Gasteiger partial charge on any atom is 0.223 e. The van der Waals surface area contributed by atoms with Crippen LogP contribution in [-0.2, 0) is 14.1 Å². The van der Waals surface area contributed by atoms with Crippen molar-refractivity contribution in [2.45, 2.75) is 222 Å². The average molecular weight is 1400 g/mol. The van der Waals surface area contributed by atoms with E-state index in [1.807, 2.05) is 304 Å². The van der Waals surface area contributed by atoms with Gasteiger partial charge in [-0.1, -0.05) is 161 Å². The molecular formula is C72H130N20O2S3. The zero-order valence-corrected chi connectivity index (χ0v) is 68.6. The minimum Gasteiger partial charge on any atom is -0.365 e. The standard InChI is InChI=1S/3C6H7N.C4H6N2O.C4H6N2S.2C4H6N2.C4H5NO.2C4H5NS.2C3H5N3.10C2H6/c1-6-2-4-7-5-3-6;1-6-3-2-4-7-5-6;1-6-4-2-3-5-7-6;2*1-3-5-4(2)7-6-3;1-4-2-5-3-6-4;1-6-3-2-5-4-6;1-4-2-5-6-3-4;1-4-2-6-3-5-4;1-4-2-5-6-3-4;1-6-2-4-5-3-6;1-3-4-2-5-6-3;10*1-2/h3*2-5H,1H3;2*1-2H3;2-3H,1H3,(H,5,6);2-4H,1H3;4*2-3H,1H3;2H,1H3,(H,4,5,6);10*1-2H3. The van der Waals surface area contributed by atoms with Gasteiger partial charge in [-0.05, 0) is 146 Å². The fourth-order valence-corrected chi connectivity index (χ4v) is 5.62. The molecule has 0 aromatic carbocycles. The highest BCUT2D eigenvalue weighted by atomic mass is 32.1. The summed E-state index contributed by atoms with van der Waals surface area (Å²) in [6.07, 6.45) is 27.7. The van der Waals surface area contributed by atoms with E-state index in [-0.39, 0.29) is 0 Å². The molecule has 0 saturated heterocycles. The zero-order chi connectivity index (χ0) is 76.7. The van der Waals surface area contributed by atoms with Crippen molar-refractivity contribution in [1.82, 2.24) is 98.4 Å². The number of nitrogens with zero attached hydrogens (tertiary/aromatic N) is 18. The van der Waals surface area contributed by atoms with Crippen LogP contribution in [0.15, 0.2) is 168 Å². The Balaban J connectivity index is -0.000000104. The van der Waals surface area contributed by atoms with Crippen LogP contribution in [0.25, 0.3) is 0 Å². The molecule has 548 valence electrons. The number of nitrogens with one attached hydrogen (secondary N) is 2. The summed E-state index contributed by atoms with van der Waals surface area (Å²) >= 11 is 4.56. The van der Waals surface area contributed by atoms with Crippen molar-refractivity contribution in [2.75, 3.05) is 0 Å². The molecule has 0 aliphatic carbocycles. The lowest BCUT2D eigenvalue weighted by molar-refractivity contribution is 0.389. The first-order valence-electron chi connectivity index (χ1n) is 33.2. The second-order valence-corrected chi connectivity index (χ2v) is 17.8. The van der Waals surface area contributed by atoms with Gasteiger partial charge in [0, 0.05) is 110 Å². The van der Waals surface area contributed by atoms with Crippen LogP contribution >= 0.6 is 34.4 Å². The van der Waals surface area contributed by atoms with Crippen LogP contribution in [0.5, 0.6) is 0 Å². The zero-order valence-electron chi connectivity index (χ0n) is 66.1. The summed E-state index contributed by atoms with van der Waals surface area (Å²) in [5, 5.41) is 25.3. The monoisotopic (exact) mass is 1400 g/mol. The molecule has 0 amide bonds. The fraction of sp³-hybridized carbons (Fsp3) is 0.472. The summed E-state index contributed by atoms with van der Waals surface area (Å²) in [6, 6.07) is 13.7. The Bertz CT molecular complexity index is 2520. The minimum absolute atomic E-state index is 0.623. The second-order valence-electron chi connectivity index (χ2n) is 15.4. The van der Waals surface area contributed by atoms with Gasteiger partial charge in [0.1, 0.15) is 41.9 Å². The van der Waals surface area contributed by atoms with E-state index in [4.69, 9.17) is 0 Å². The lowest BCUT2D eigenvalue weighted by Crippen LogP contribution is -1.76. The van der Waals surface area contributed by atoms with Crippen molar-refractivity contribution in [3.63, 3.8) is 0 Å². The van der Waals surface area contributed by atoms with Gasteiger partial charge in [0.25, 0.3) is 0 Å². The number of aromatic nitrogens is 20. The normalized spacial score (nSPS) is 7.69. The molecule has 0 fully saturated rings. The number of hydrogen-bond acceptors (Lipinski definition) is 21. The lowest BCUT2D eigenvalue weighted by atomic mass is 10.3. The van der Waals surface area contributed by atoms with Crippen LogP contribution < -0.4 is 0 Å². The number of imidazole rings is 2. The van der Waals surface area contributed by atoms with Gasteiger partial charge in [0.2, 0.25) is 5.89 Å². The van der Waals surface area contributed by atoms with E-state index in [2.05, 4.69) is 98.3 Å². The van der Waals surface area contributed by atoms with Gasteiger partial charge in [-0.15, -0.1) is 21.5 Å². The molecule has 0 spiro atoms. The Kier molecular flexibility index (Phi) is 109. The largest absolute Gasteiger partial charge is 0.365 e. The van der Waals surface area contributed by atoms with E-state index in [0.29, 0.717) is 11.7 Å². The quantitative estimate of drug-likeness (QED) is 0.143. The molecular weight excluding hydrogens is 1270 g/mol. The minimum atomic E-state index is 0.623. The van der Waals surface area contributed by atoms with Crippen molar-refractivity contribution in [3.05, 3.63) is 226 Å². The van der Waals surface area contributed by atoms with Crippen molar-refractivity contribution in [3.8, 4) is 0 Å². The lowest BCUT2D eigenvalue weighted by Gasteiger charge is -1.82. The van der Waals surface area contributed by atoms with Gasteiger partial charge in [-0.3, -0.25) is 25.0 Å². The Morgan fingerprint density at radius 3 is 1.24 bits per heavy atom. The third-order valence-electron chi connectivity index (χ3n) is 7.74. The SMILES string of the molecule is CC.CC.CC.CC.CC.CC.CC.CC.CC.CC.Cc1ccccn1.Cc1cccnc1.Cc1ccncc1.Cc1cnc[nH]1.Cc1cnoc1.Cc1cnsc1.Cc1cscn1.Cc1ncn[nH]1.Cc1noc(C)n1.Cc1nsc(C)n1.Cn1ccnc1.Cn1cnnc1. The van der Waals surface area contributed by atoms with Crippen LogP contribution in [0.1, 0.15) is 206 Å². The molecule has 97 heavy (non-hydrogen) atoms. The summed E-state index contributed by atoms with van der Waals surface area (Å²) in [5.41, 5.74) is 9.90. The summed E-state index contributed by atoms with van der Waals surface area (Å²) in [5.74, 6) is 3.05. The first kappa shape index (κ1) is 110. The Hall–Kier alpha value is -8.68. The first-order chi connectivity index (χ1) is 47.0. The number of aryl methyl sites for hydroxylation is 14. The van der Waals surface area contributed by atoms with E-state index in [9.17, 15) is 0 Å². The molecule has 0 atom stereocenters. The molecule has 0 aliphatic rings. The third kappa shape index (κ3) is 93.8. The first-order valence-corrected chi connectivity index (χ1v) is 35.8. The predicted octanol–water partition coefficient (Wildman–Crippen LogP) is 21.2. The van der Waals surface area contributed by atoms with Gasteiger partial charge in [-0.2, -0.15) is 14.5 Å². The van der Waals surface area contributed by atoms with Crippen LogP contribution in [0.3, 0.4) is 0 Å². The Labute approximate surface area is 600 Å². The van der Waals surface area contributed by atoms with Crippen LogP contribution in [-0.4, -0.2) is 98.4 Å². The molecule has 12 rings (SSSR count). The van der Waals surface area contributed by atoms with Gasteiger partial charge < -0.3 is 23.2 Å². The fourth-order valence-electron chi connectivity index (χ4n) is 4.08. The van der Waals surface area contributed by atoms with Gasteiger partial charge in [0.05, 0.1) is 24.4 Å². The third-order valence-corrected chi connectivity index (χ3v) is 9.86. The number of rotatable bonds is 0. The number of hydrogen-bond donors (Lipinski definition) is 2. The molecule has 2 N–H and O–H groups in total. The van der Waals surface area contributed by atoms with Crippen molar-refractivity contribution < 1.29 is 9.05 Å².